The van der Waals surface area contributed by atoms with E-state index in [2.05, 4.69) is 31.8 Å². The molecule has 1 aliphatic rings. The van der Waals surface area contributed by atoms with Gasteiger partial charge in [0.2, 0.25) is 0 Å². The minimum atomic E-state index is -0.741. The molecule has 0 spiro atoms. The van der Waals surface area contributed by atoms with Gasteiger partial charge >= 0.3 is 5.97 Å². The van der Waals surface area contributed by atoms with Gasteiger partial charge in [-0.15, -0.1) is 0 Å². The Hall–Kier alpha value is -0.620. The van der Waals surface area contributed by atoms with Crippen molar-refractivity contribution in [1.29, 1.82) is 0 Å². The van der Waals surface area contributed by atoms with E-state index < -0.39 is 5.97 Å². The lowest BCUT2D eigenvalue weighted by atomic mass is 10.0. The summed E-state index contributed by atoms with van der Waals surface area (Å²) in [6.45, 7) is 5.85. The molecule has 1 fully saturated rings. The highest BCUT2D eigenvalue weighted by atomic mass is 79.9. The molecule has 0 unspecified atom stereocenters. The molecule has 0 amide bonds. The maximum Gasteiger partial charge on any atom is 0.317 e. The molecule has 0 radical (unpaired) electrons. The normalized spacial score (nSPS) is 17.1. The Morgan fingerprint density at radius 1 is 1.45 bits per heavy atom. The second-order valence-electron chi connectivity index (χ2n) is 5.70. The quantitative estimate of drug-likeness (QED) is 0.809. The highest BCUT2D eigenvalue weighted by Crippen LogP contribution is 2.25. The first-order valence-corrected chi connectivity index (χ1v) is 8.78. The average molecular weight is 390 g/mol. The van der Waals surface area contributed by atoms with Gasteiger partial charge in [0.1, 0.15) is 0 Å². The van der Waals surface area contributed by atoms with E-state index >= 15 is 0 Å². The van der Waals surface area contributed by atoms with Crippen LogP contribution in [0.3, 0.4) is 0 Å². The second-order valence-corrected chi connectivity index (χ2v) is 6.99. The molecule has 6 heteroatoms. The Balaban J connectivity index is 1.87. The maximum absolute atomic E-state index is 10.9. The van der Waals surface area contributed by atoms with Gasteiger partial charge in [-0.1, -0.05) is 40.5 Å². The lowest BCUT2D eigenvalue weighted by Gasteiger charge is -2.37. The molecule has 2 rings (SSSR count). The first kappa shape index (κ1) is 17.7. The van der Waals surface area contributed by atoms with Gasteiger partial charge in [-0.05, 0) is 50.2 Å². The standard InChI is InChI=1S/C16H22BrClN2O2/c1-2-20(11-16(21)22)14-5-7-19(8-6-14)10-12-3-4-13(18)9-15(12)17/h3-4,9,14H,2,5-8,10-11H2,1H3,(H,21,22). The number of nitrogens with zero attached hydrogens (tertiary/aromatic N) is 2. The number of hydrogen-bond donors (Lipinski definition) is 1. The summed E-state index contributed by atoms with van der Waals surface area (Å²) in [7, 11) is 0. The van der Waals surface area contributed by atoms with Crippen LogP contribution in [0.5, 0.6) is 0 Å². The zero-order valence-electron chi connectivity index (χ0n) is 12.8. The van der Waals surface area contributed by atoms with Gasteiger partial charge in [0.05, 0.1) is 6.54 Å². The highest BCUT2D eigenvalue weighted by molar-refractivity contribution is 9.10. The summed E-state index contributed by atoms with van der Waals surface area (Å²) in [4.78, 5) is 15.4. The van der Waals surface area contributed by atoms with E-state index in [9.17, 15) is 4.79 Å². The number of benzene rings is 1. The number of rotatable bonds is 6. The van der Waals surface area contributed by atoms with Crippen LogP contribution in [0.25, 0.3) is 0 Å². The molecule has 1 heterocycles. The van der Waals surface area contributed by atoms with Gasteiger partial charge < -0.3 is 5.11 Å². The van der Waals surface area contributed by atoms with Crippen LogP contribution in [0.2, 0.25) is 5.02 Å². The van der Waals surface area contributed by atoms with Gasteiger partial charge in [-0.3, -0.25) is 14.6 Å². The van der Waals surface area contributed by atoms with E-state index in [-0.39, 0.29) is 6.54 Å². The third-order valence-electron chi connectivity index (χ3n) is 4.23. The number of carbonyl (C=O) groups is 1. The molecule has 0 bridgehead atoms. The highest BCUT2D eigenvalue weighted by Gasteiger charge is 2.25. The Bertz CT molecular complexity index is 519. The first-order chi connectivity index (χ1) is 10.5. The molecule has 0 atom stereocenters. The van der Waals surface area contributed by atoms with Crippen LogP contribution >= 0.6 is 27.5 Å². The van der Waals surface area contributed by atoms with Gasteiger partial charge in [0.25, 0.3) is 0 Å². The van der Waals surface area contributed by atoms with Crippen molar-refractivity contribution in [2.75, 3.05) is 26.2 Å². The molecule has 122 valence electrons. The van der Waals surface area contributed by atoms with Crippen molar-refractivity contribution in [2.45, 2.75) is 32.4 Å². The fourth-order valence-corrected chi connectivity index (χ4v) is 3.81. The third kappa shape index (κ3) is 4.95. The van der Waals surface area contributed by atoms with Gasteiger partial charge in [-0.25, -0.2) is 0 Å². The number of halogens is 2. The zero-order valence-corrected chi connectivity index (χ0v) is 15.1. The lowest BCUT2D eigenvalue weighted by Crippen LogP contribution is -2.46. The Morgan fingerprint density at radius 3 is 2.68 bits per heavy atom. The molecule has 22 heavy (non-hydrogen) atoms. The predicted octanol–water partition coefficient (Wildman–Crippen LogP) is 3.47. The summed E-state index contributed by atoms with van der Waals surface area (Å²) in [5.41, 5.74) is 1.24. The average Bonchev–Trinajstić information content (AvgIpc) is 2.48. The van der Waals surface area contributed by atoms with Crippen LogP contribution in [-0.2, 0) is 11.3 Å². The van der Waals surface area contributed by atoms with Gasteiger partial charge in [0, 0.05) is 22.1 Å². The molecule has 1 N–H and O–H groups in total. The first-order valence-electron chi connectivity index (χ1n) is 7.61. The van der Waals surface area contributed by atoms with Crippen molar-refractivity contribution in [2.24, 2.45) is 0 Å². The monoisotopic (exact) mass is 388 g/mol. The Morgan fingerprint density at radius 2 is 2.14 bits per heavy atom. The van der Waals surface area contributed by atoms with Crippen LogP contribution in [0, 0.1) is 0 Å². The second kappa shape index (κ2) is 8.29. The minimum Gasteiger partial charge on any atom is -0.480 e. The van der Waals surface area contributed by atoms with Crippen molar-refractivity contribution in [1.82, 2.24) is 9.80 Å². The summed E-state index contributed by atoms with van der Waals surface area (Å²) in [6, 6.07) is 6.28. The molecule has 0 saturated carbocycles. The number of carboxylic acids is 1. The van der Waals surface area contributed by atoms with E-state index in [0.29, 0.717) is 6.04 Å². The number of likely N-dealkylation sites (tertiary alicyclic amines) is 1. The van der Waals surface area contributed by atoms with Gasteiger partial charge in [0.15, 0.2) is 0 Å². The summed E-state index contributed by atoms with van der Waals surface area (Å²) in [5, 5.41) is 9.71. The van der Waals surface area contributed by atoms with E-state index in [1.54, 1.807) is 0 Å². The lowest BCUT2D eigenvalue weighted by molar-refractivity contribution is -0.139. The van der Waals surface area contributed by atoms with Crippen LogP contribution in [0.15, 0.2) is 22.7 Å². The molecule has 4 nitrogen and oxygen atoms in total. The van der Waals surface area contributed by atoms with Crippen LogP contribution in [0.4, 0.5) is 0 Å². The van der Waals surface area contributed by atoms with E-state index in [1.165, 1.54) is 5.56 Å². The summed E-state index contributed by atoms with van der Waals surface area (Å²) in [6.07, 6.45) is 2.04. The van der Waals surface area contributed by atoms with Crippen molar-refractivity contribution < 1.29 is 9.90 Å². The fourth-order valence-electron chi connectivity index (χ4n) is 3.01. The van der Waals surface area contributed by atoms with E-state index in [0.717, 1.165) is 48.5 Å². The van der Waals surface area contributed by atoms with Gasteiger partial charge in [-0.2, -0.15) is 0 Å². The zero-order chi connectivity index (χ0) is 16.1. The fraction of sp³-hybridized carbons (Fsp3) is 0.562. The van der Waals surface area contributed by atoms with Crippen molar-refractivity contribution >= 4 is 33.5 Å². The number of piperidine rings is 1. The molecule has 1 aromatic carbocycles. The smallest absolute Gasteiger partial charge is 0.317 e. The topological polar surface area (TPSA) is 43.8 Å². The van der Waals surface area contributed by atoms with Crippen molar-refractivity contribution in [3.05, 3.63) is 33.3 Å². The molecule has 0 aromatic heterocycles. The number of hydrogen-bond acceptors (Lipinski definition) is 3. The van der Waals surface area contributed by atoms with Crippen LogP contribution in [-0.4, -0.2) is 53.1 Å². The Labute approximate surface area is 145 Å². The third-order valence-corrected chi connectivity index (χ3v) is 5.20. The maximum atomic E-state index is 10.9. The summed E-state index contributed by atoms with van der Waals surface area (Å²) in [5.74, 6) is -0.741. The number of aliphatic carboxylic acids is 1. The van der Waals surface area contributed by atoms with Crippen molar-refractivity contribution in [3.8, 4) is 0 Å². The number of likely N-dealkylation sites (N-methyl/N-ethyl adjacent to an activating group) is 1. The van der Waals surface area contributed by atoms with Crippen LogP contribution in [0.1, 0.15) is 25.3 Å². The number of carboxylic acid groups (broad SMARTS) is 1. The molecule has 1 aromatic rings. The predicted molar refractivity (Wildman–Crippen MR) is 92.3 cm³/mol. The Kier molecular flexibility index (Phi) is 6.68. The van der Waals surface area contributed by atoms with E-state index in [4.69, 9.17) is 16.7 Å². The molecular weight excluding hydrogens is 368 g/mol. The van der Waals surface area contributed by atoms with E-state index in [1.807, 2.05) is 19.1 Å². The SMILES string of the molecule is CCN(CC(=O)O)C1CCN(Cc2ccc(Cl)cc2Br)CC1. The molecule has 1 saturated heterocycles. The largest absolute Gasteiger partial charge is 0.480 e. The molecular formula is C16H22BrClN2O2. The van der Waals surface area contributed by atoms with Crippen LogP contribution < -0.4 is 0 Å². The molecule has 1 aliphatic heterocycles. The minimum absolute atomic E-state index is 0.143. The van der Waals surface area contributed by atoms with Crippen molar-refractivity contribution in [3.63, 3.8) is 0 Å². The molecule has 0 aliphatic carbocycles. The summed E-state index contributed by atoms with van der Waals surface area (Å²) >= 11 is 9.54. The summed E-state index contributed by atoms with van der Waals surface area (Å²) < 4.78 is 1.04.